The number of rotatable bonds is 6. The molecule has 0 spiro atoms. The fraction of sp³-hybridized carbons (Fsp3) is 0.308. The van der Waals surface area contributed by atoms with Gasteiger partial charge >= 0.3 is 0 Å². The second-order valence-corrected chi connectivity index (χ2v) is 6.09. The lowest BCUT2D eigenvalue weighted by Gasteiger charge is -2.08. The maximum Gasteiger partial charge on any atom is 0.257 e. The third-order valence-corrected chi connectivity index (χ3v) is 4.42. The van der Waals surface area contributed by atoms with Crippen LogP contribution in [0.5, 0.6) is 0 Å². The highest BCUT2D eigenvalue weighted by atomic mass is 35.5. The van der Waals surface area contributed by atoms with Gasteiger partial charge in [-0.1, -0.05) is 12.1 Å². The molecule has 21 heavy (non-hydrogen) atoms. The van der Waals surface area contributed by atoms with Gasteiger partial charge in [-0.2, -0.15) is 5.10 Å². The van der Waals surface area contributed by atoms with Crippen molar-refractivity contribution in [3.05, 3.63) is 42.1 Å². The van der Waals surface area contributed by atoms with Crippen molar-refractivity contribution in [3.8, 4) is 0 Å². The number of halogens is 1. The number of nitrogen functional groups attached to an aromatic ring is 1. The fourth-order valence-corrected chi connectivity index (χ4v) is 3.09. The molecule has 2 aromatic rings. The predicted molar refractivity (Wildman–Crippen MR) is 84.9 cm³/mol. The van der Waals surface area contributed by atoms with Crippen molar-refractivity contribution in [1.82, 2.24) is 14.5 Å². The number of nitrogens with two attached hydrogens (primary N) is 1. The van der Waals surface area contributed by atoms with Crippen LogP contribution in [0.2, 0.25) is 0 Å². The molecule has 0 amide bonds. The summed E-state index contributed by atoms with van der Waals surface area (Å²) in [5.74, 6) is 0. The highest BCUT2D eigenvalue weighted by Crippen LogP contribution is 2.09. The molecule has 0 atom stereocenters. The third-order valence-electron chi connectivity index (χ3n) is 2.94. The highest BCUT2D eigenvalue weighted by Gasteiger charge is 2.17. The second kappa shape index (κ2) is 7.44. The van der Waals surface area contributed by atoms with Crippen LogP contribution in [-0.2, 0) is 23.0 Å². The Hall–Kier alpha value is -1.57. The Morgan fingerprint density at radius 3 is 2.52 bits per heavy atom. The summed E-state index contributed by atoms with van der Waals surface area (Å²) in [5.41, 5.74) is 7.33. The first-order valence-electron chi connectivity index (χ1n) is 6.39. The Kier molecular flexibility index (Phi) is 6.19. The maximum absolute atomic E-state index is 12.1. The largest absolute Gasteiger partial charge is 0.399 e. The summed E-state index contributed by atoms with van der Waals surface area (Å²) in [6.45, 7) is 2.70. The zero-order chi connectivity index (χ0) is 14.6. The Balaban J connectivity index is 0.00000220. The first kappa shape index (κ1) is 17.5. The first-order valence-corrected chi connectivity index (χ1v) is 7.87. The quantitative estimate of drug-likeness (QED) is 0.784. The van der Waals surface area contributed by atoms with Crippen molar-refractivity contribution in [2.75, 3.05) is 12.3 Å². The molecule has 3 N–H and O–H groups in total. The average Bonchev–Trinajstić information content (AvgIpc) is 2.90. The molecule has 0 aliphatic rings. The van der Waals surface area contributed by atoms with Gasteiger partial charge in [-0.05, 0) is 37.1 Å². The topological polar surface area (TPSA) is 90.0 Å². The van der Waals surface area contributed by atoms with Gasteiger partial charge < -0.3 is 5.73 Å². The molecule has 0 bridgehead atoms. The van der Waals surface area contributed by atoms with Crippen LogP contribution >= 0.6 is 12.4 Å². The smallest absolute Gasteiger partial charge is 0.257 e. The van der Waals surface area contributed by atoms with Crippen LogP contribution in [0.1, 0.15) is 12.5 Å². The third kappa shape index (κ3) is 4.45. The van der Waals surface area contributed by atoms with E-state index in [1.807, 2.05) is 19.1 Å². The number of sulfonamides is 1. The van der Waals surface area contributed by atoms with Gasteiger partial charge in [-0.15, -0.1) is 12.4 Å². The Morgan fingerprint density at radius 1 is 1.24 bits per heavy atom. The van der Waals surface area contributed by atoms with Gasteiger partial charge in [-0.3, -0.25) is 4.68 Å². The molecule has 116 valence electrons. The van der Waals surface area contributed by atoms with E-state index >= 15 is 0 Å². The van der Waals surface area contributed by atoms with Gasteiger partial charge in [0.05, 0.1) is 6.20 Å². The Labute approximate surface area is 130 Å². The van der Waals surface area contributed by atoms with Crippen LogP contribution in [0.4, 0.5) is 5.69 Å². The van der Waals surface area contributed by atoms with Crippen LogP contribution in [-0.4, -0.2) is 24.7 Å². The molecule has 0 radical (unpaired) electrons. The van der Waals surface area contributed by atoms with E-state index in [1.54, 1.807) is 12.1 Å². The normalized spacial score (nSPS) is 11.1. The van der Waals surface area contributed by atoms with E-state index in [0.29, 0.717) is 25.2 Å². The molecule has 0 saturated heterocycles. The summed E-state index contributed by atoms with van der Waals surface area (Å²) in [4.78, 5) is 0. The summed E-state index contributed by atoms with van der Waals surface area (Å²) in [5, 5.41) is 4.15. The van der Waals surface area contributed by atoms with Crippen molar-refractivity contribution < 1.29 is 8.42 Å². The summed E-state index contributed by atoms with van der Waals surface area (Å²) in [6.07, 6.45) is 2.10. The van der Waals surface area contributed by atoms with Crippen LogP contribution < -0.4 is 10.5 Å². The number of nitrogens with one attached hydrogen (secondary N) is 1. The molecule has 0 fully saturated rings. The lowest BCUT2D eigenvalue weighted by atomic mass is 10.1. The molecule has 0 unspecified atom stereocenters. The number of aromatic nitrogens is 2. The minimum absolute atomic E-state index is 0. The lowest BCUT2D eigenvalue weighted by Crippen LogP contribution is -2.28. The van der Waals surface area contributed by atoms with Gasteiger partial charge in [-0.25, -0.2) is 13.1 Å². The molecule has 1 aromatic heterocycles. The number of hydrogen-bond donors (Lipinski definition) is 2. The van der Waals surface area contributed by atoms with Crippen molar-refractivity contribution in [3.63, 3.8) is 0 Å². The van der Waals surface area contributed by atoms with Crippen LogP contribution in [0.3, 0.4) is 0 Å². The summed E-state index contributed by atoms with van der Waals surface area (Å²) >= 11 is 0. The van der Waals surface area contributed by atoms with Crippen molar-refractivity contribution in [2.45, 2.75) is 24.9 Å². The molecule has 1 heterocycles. The molecular weight excluding hydrogens is 312 g/mol. The van der Waals surface area contributed by atoms with E-state index < -0.39 is 10.0 Å². The minimum Gasteiger partial charge on any atom is -0.399 e. The molecule has 1 aromatic carbocycles. The van der Waals surface area contributed by atoms with E-state index in [-0.39, 0.29) is 17.4 Å². The van der Waals surface area contributed by atoms with Crippen LogP contribution in [0.25, 0.3) is 0 Å². The monoisotopic (exact) mass is 330 g/mol. The number of nitrogens with zero attached hydrogens (tertiary/aromatic N) is 2. The van der Waals surface area contributed by atoms with Crippen molar-refractivity contribution >= 4 is 28.1 Å². The maximum atomic E-state index is 12.1. The van der Waals surface area contributed by atoms with Crippen molar-refractivity contribution in [1.29, 1.82) is 0 Å². The van der Waals surface area contributed by atoms with E-state index in [9.17, 15) is 8.42 Å². The zero-order valence-electron chi connectivity index (χ0n) is 11.7. The SMILES string of the molecule is CCn1nccc1S(=O)(=O)NCCc1ccc(N)cc1.Cl. The molecule has 6 nitrogen and oxygen atoms in total. The average molecular weight is 331 g/mol. The number of aryl methyl sites for hydroxylation is 1. The zero-order valence-corrected chi connectivity index (χ0v) is 13.3. The second-order valence-electron chi connectivity index (χ2n) is 4.37. The lowest BCUT2D eigenvalue weighted by molar-refractivity contribution is 0.544. The summed E-state index contributed by atoms with van der Waals surface area (Å²) < 4.78 is 28.3. The molecule has 0 aliphatic carbocycles. The number of anilines is 1. The number of benzene rings is 1. The van der Waals surface area contributed by atoms with Crippen LogP contribution in [0.15, 0.2) is 41.6 Å². The Morgan fingerprint density at radius 2 is 1.90 bits per heavy atom. The molecule has 2 rings (SSSR count). The van der Waals surface area contributed by atoms with E-state index in [0.717, 1.165) is 5.56 Å². The standard InChI is InChI=1S/C13H18N4O2S.ClH/c1-2-17-13(8-9-15-17)20(18,19)16-10-7-11-3-5-12(14)6-4-11;/h3-6,8-9,16H,2,7,10,14H2,1H3;1H. The van der Waals surface area contributed by atoms with E-state index in [1.165, 1.54) is 16.9 Å². The fourth-order valence-electron chi connectivity index (χ4n) is 1.87. The van der Waals surface area contributed by atoms with Gasteiger partial charge in [0.1, 0.15) is 0 Å². The first-order chi connectivity index (χ1) is 9.53. The van der Waals surface area contributed by atoms with Gasteiger partial charge in [0.25, 0.3) is 10.0 Å². The molecule has 0 aliphatic heterocycles. The molecular formula is C13H19ClN4O2S. The van der Waals surface area contributed by atoms with Gasteiger partial charge in [0, 0.05) is 18.8 Å². The van der Waals surface area contributed by atoms with Gasteiger partial charge in [0.2, 0.25) is 0 Å². The van der Waals surface area contributed by atoms with Crippen molar-refractivity contribution in [2.24, 2.45) is 0 Å². The minimum atomic E-state index is -3.51. The van der Waals surface area contributed by atoms with E-state index in [4.69, 9.17) is 5.73 Å². The summed E-state index contributed by atoms with van der Waals surface area (Å²) in [6, 6.07) is 8.88. The highest BCUT2D eigenvalue weighted by molar-refractivity contribution is 7.89. The molecule has 0 saturated carbocycles. The number of hydrogen-bond acceptors (Lipinski definition) is 4. The van der Waals surface area contributed by atoms with Crippen LogP contribution in [0, 0.1) is 0 Å². The predicted octanol–water partition coefficient (Wildman–Crippen LogP) is 1.43. The molecule has 8 heteroatoms. The van der Waals surface area contributed by atoms with E-state index in [2.05, 4.69) is 9.82 Å². The Bertz CT molecular complexity index is 668. The summed E-state index contributed by atoms with van der Waals surface area (Å²) in [7, 11) is -3.51. The van der Waals surface area contributed by atoms with Gasteiger partial charge in [0.15, 0.2) is 5.03 Å².